The number of hydrogen-bond acceptors (Lipinski definition) is 5. The highest BCUT2D eigenvalue weighted by Gasteiger charge is 2.37. The Balaban J connectivity index is 1.83. The Bertz CT molecular complexity index is 887. The second-order valence-electron chi connectivity index (χ2n) is 6.00. The highest BCUT2D eigenvalue weighted by atomic mass is 32.2. The summed E-state index contributed by atoms with van der Waals surface area (Å²) in [4.78, 5) is 15.4. The lowest BCUT2D eigenvalue weighted by Gasteiger charge is -2.13. The van der Waals surface area contributed by atoms with Crippen molar-refractivity contribution in [2.45, 2.75) is 0 Å². The van der Waals surface area contributed by atoms with E-state index in [1.807, 2.05) is 60.9 Å². The monoisotopic (exact) mass is 365 g/mol. The van der Waals surface area contributed by atoms with E-state index >= 15 is 0 Å². The first-order chi connectivity index (χ1) is 12.7. The largest absolute Gasteiger partial charge is 0.497 e. The second-order valence-corrected chi connectivity index (χ2v) is 6.80. The van der Waals surface area contributed by atoms with Gasteiger partial charge in [0.1, 0.15) is 11.5 Å². The van der Waals surface area contributed by atoms with Crippen LogP contribution in [-0.2, 0) is 4.79 Å². The van der Waals surface area contributed by atoms with Gasteiger partial charge in [-0.15, -0.1) is 11.8 Å². The molecule has 1 saturated heterocycles. The molecule has 2 aromatic rings. The van der Waals surface area contributed by atoms with Crippen molar-refractivity contribution in [3.05, 3.63) is 70.8 Å². The fraction of sp³-hybridized carbons (Fsp3) is 0.200. The lowest BCUT2D eigenvalue weighted by Crippen LogP contribution is -2.23. The Morgan fingerprint density at radius 1 is 1.08 bits per heavy atom. The van der Waals surface area contributed by atoms with Gasteiger partial charge in [0.05, 0.1) is 23.4 Å². The van der Waals surface area contributed by atoms with Crippen LogP contribution < -0.4 is 9.75 Å². The van der Waals surface area contributed by atoms with E-state index in [-0.39, 0.29) is 5.91 Å². The molecule has 5 nitrogen and oxygen atoms in total. The Hall–Kier alpha value is -2.73. The molecule has 6 heteroatoms. The van der Waals surface area contributed by atoms with E-state index in [1.165, 1.54) is 5.01 Å². The van der Waals surface area contributed by atoms with E-state index in [0.29, 0.717) is 11.3 Å². The molecule has 4 rings (SSSR count). The summed E-state index contributed by atoms with van der Waals surface area (Å²) in [5.74, 6) is 0.693. The molecule has 2 aliphatic heterocycles. The van der Waals surface area contributed by atoms with Crippen molar-refractivity contribution in [2.75, 3.05) is 31.5 Å². The molecule has 0 radical (unpaired) electrons. The molecule has 0 saturated carbocycles. The van der Waals surface area contributed by atoms with Crippen molar-refractivity contribution in [3.63, 3.8) is 0 Å². The topological polar surface area (TPSA) is 44.9 Å². The van der Waals surface area contributed by atoms with Gasteiger partial charge in [0, 0.05) is 18.7 Å². The number of methoxy groups -OCH3 is 1. The Morgan fingerprint density at radius 2 is 1.77 bits per heavy atom. The number of carbonyl (C=O) groups is 1. The number of benzene rings is 2. The molecule has 2 aliphatic rings. The van der Waals surface area contributed by atoms with Gasteiger partial charge < -0.3 is 9.64 Å². The zero-order valence-electron chi connectivity index (χ0n) is 14.7. The second kappa shape index (κ2) is 6.88. The van der Waals surface area contributed by atoms with E-state index in [4.69, 9.17) is 4.74 Å². The molecule has 2 aromatic carbocycles. The third-order valence-electron chi connectivity index (χ3n) is 4.35. The summed E-state index contributed by atoms with van der Waals surface area (Å²) in [7, 11) is 1.64. The van der Waals surface area contributed by atoms with Crippen molar-refractivity contribution < 1.29 is 9.53 Å². The lowest BCUT2D eigenvalue weighted by molar-refractivity contribution is -0.114. The highest BCUT2D eigenvalue weighted by molar-refractivity contribution is 8.02. The normalized spacial score (nSPS) is 18.1. The van der Waals surface area contributed by atoms with Crippen LogP contribution in [0.4, 0.5) is 5.69 Å². The molecule has 0 aliphatic carbocycles. The first-order valence-electron chi connectivity index (χ1n) is 8.39. The lowest BCUT2D eigenvalue weighted by atomic mass is 10.0. The Kier molecular flexibility index (Phi) is 4.42. The molecular weight excluding hydrogens is 346 g/mol. The molecule has 132 valence electrons. The summed E-state index contributed by atoms with van der Waals surface area (Å²) in [5, 5.41) is 7.17. The van der Waals surface area contributed by atoms with Crippen molar-refractivity contribution in [1.29, 1.82) is 0 Å². The van der Waals surface area contributed by atoms with Gasteiger partial charge in [0.2, 0.25) is 0 Å². The fourth-order valence-corrected chi connectivity index (χ4v) is 3.76. The number of hydrogen-bond donors (Lipinski definition) is 0. The van der Waals surface area contributed by atoms with Gasteiger partial charge in [-0.3, -0.25) is 4.79 Å². The molecule has 0 aromatic heterocycles. The Morgan fingerprint density at radius 3 is 2.35 bits per heavy atom. The van der Waals surface area contributed by atoms with Gasteiger partial charge in [-0.2, -0.15) is 10.1 Å². The predicted molar refractivity (Wildman–Crippen MR) is 106 cm³/mol. The van der Waals surface area contributed by atoms with E-state index in [2.05, 4.69) is 10.0 Å². The van der Waals surface area contributed by atoms with Crippen LogP contribution in [0.15, 0.2) is 70.3 Å². The van der Waals surface area contributed by atoms with Crippen LogP contribution in [-0.4, -0.2) is 43.0 Å². The third kappa shape index (κ3) is 2.97. The smallest absolute Gasteiger partial charge is 0.283 e. The third-order valence-corrected chi connectivity index (χ3v) is 5.20. The van der Waals surface area contributed by atoms with Crippen LogP contribution in [0, 0.1) is 0 Å². The first-order valence-corrected chi connectivity index (χ1v) is 9.61. The van der Waals surface area contributed by atoms with Gasteiger partial charge >= 0.3 is 0 Å². The number of nitrogens with zero attached hydrogens (tertiary/aromatic N) is 3. The summed E-state index contributed by atoms with van der Waals surface area (Å²) in [6.45, 7) is 1.96. The van der Waals surface area contributed by atoms with Crippen LogP contribution in [0.5, 0.6) is 5.75 Å². The van der Waals surface area contributed by atoms with E-state index < -0.39 is 0 Å². The highest BCUT2D eigenvalue weighted by Crippen LogP contribution is 2.35. The van der Waals surface area contributed by atoms with Crippen LogP contribution >= 0.6 is 11.8 Å². The number of hydrazone groups is 1. The maximum atomic E-state index is 13.2. The van der Waals surface area contributed by atoms with Gasteiger partial charge in [-0.25, -0.2) is 0 Å². The van der Waals surface area contributed by atoms with Crippen molar-refractivity contribution >= 4 is 29.1 Å². The SMILES string of the molecule is COc1ccc(C2=NN(c3ccccc3)C(=O)C2=C(SC)N2CC2)cc1. The molecule has 0 N–H and O–H groups in total. The summed E-state index contributed by atoms with van der Waals surface area (Å²) >= 11 is 1.60. The Labute approximate surface area is 156 Å². The molecule has 0 atom stereocenters. The van der Waals surface area contributed by atoms with E-state index in [9.17, 15) is 4.79 Å². The minimum atomic E-state index is -0.0849. The summed E-state index contributed by atoms with van der Waals surface area (Å²) in [6.07, 6.45) is 2.00. The van der Waals surface area contributed by atoms with Gasteiger partial charge in [-0.1, -0.05) is 18.2 Å². The number of ether oxygens (including phenoxy) is 1. The number of anilines is 1. The van der Waals surface area contributed by atoms with Gasteiger partial charge in [0.25, 0.3) is 5.91 Å². The van der Waals surface area contributed by atoms with Crippen molar-refractivity contribution in [2.24, 2.45) is 5.10 Å². The van der Waals surface area contributed by atoms with E-state index in [1.54, 1.807) is 18.9 Å². The molecule has 1 fully saturated rings. The van der Waals surface area contributed by atoms with Gasteiger partial charge in [0.15, 0.2) is 0 Å². The minimum Gasteiger partial charge on any atom is -0.497 e. The molecule has 0 unspecified atom stereocenters. The molecular formula is C20H19N3O2S. The summed E-state index contributed by atoms with van der Waals surface area (Å²) in [5.41, 5.74) is 3.05. The zero-order chi connectivity index (χ0) is 18.1. The van der Waals surface area contributed by atoms with E-state index in [0.717, 1.165) is 35.1 Å². The van der Waals surface area contributed by atoms with Gasteiger partial charge in [-0.05, 0) is 42.7 Å². The maximum Gasteiger partial charge on any atom is 0.283 e. The summed E-state index contributed by atoms with van der Waals surface area (Å²) < 4.78 is 5.25. The molecule has 0 bridgehead atoms. The summed E-state index contributed by atoms with van der Waals surface area (Å²) in [6, 6.07) is 17.2. The molecule has 2 heterocycles. The average molecular weight is 365 g/mol. The number of amides is 1. The average Bonchev–Trinajstić information content (AvgIpc) is 3.47. The fourth-order valence-electron chi connectivity index (χ4n) is 2.93. The number of thioether (sulfide) groups is 1. The minimum absolute atomic E-state index is 0.0849. The predicted octanol–water partition coefficient (Wildman–Crippen LogP) is 3.34. The number of para-hydroxylation sites is 1. The number of rotatable bonds is 5. The van der Waals surface area contributed by atoms with Crippen LogP contribution in [0.1, 0.15) is 5.56 Å². The zero-order valence-corrected chi connectivity index (χ0v) is 15.5. The first kappa shape index (κ1) is 16.7. The molecule has 26 heavy (non-hydrogen) atoms. The maximum absolute atomic E-state index is 13.2. The molecule has 1 amide bonds. The van der Waals surface area contributed by atoms with Crippen molar-refractivity contribution in [1.82, 2.24) is 4.90 Å². The van der Waals surface area contributed by atoms with Crippen LogP contribution in [0.2, 0.25) is 0 Å². The quantitative estimate of drug-likeness (QED) is 0.602. The van der Waals surface area contributed by atoms with Crippen molar-refractivity contribution in [3.8, 4) is 5.75 Å². The number of carbonyl (C=O) groups excluding carboxylic acids is 1. The van der Waals surface area contributed by atoms with Crippen LogP contribution in [0.3, 0.4) is 0 Å². The van der Waals surface area contributed by atoms with Crippen LogP contribution in [0.25, 0.3) is 0 Å². The molecule has 0 spiro atoms. The standard InChI is InChI=1S/C20H19N3O2S/c1-25-16-10-8-14(9-11-16)18-17(20(26-2)22-12-13-22)19(24)23(21-18)15-6-4-3-5-7-15/h3-11H,12-13H2,1-2H3.